The fourth-order valence-electron chi connectivity index (χ4n) is 2.34. The van der Waals surface area contributed by atoms with E-state index in [0.29, 0.717) is 0 Å². The lowest BCUT2D eigenvalue weighted by atomic mass is 9.88. The number of rotatable bonds is 1. The van der Waals surface area contributed by atoms with Gasteiger partial charge in [0.25, 0.3) is 0 Å². The molecule has 0 atom stereocenters. The summed E-state index contributed by atoms with van der Waals surface area (Å²) in [5.74, 6) is 0.718. The van der Waals surface area contributed by atoms with Crippen LogP contribution in [0.4, 0.5) is 0 Å². The summed E-state index contributed by atoms with van der Waals surface area (Å²) >= 11 is 0. The summed E-state index contributed by atoms with van der Waals surface area (Å²) in [5, 5.41) is 6.18. The van der Waals surface area contributed by atoms with E-state index in [1.807, 2.05) is 0 Å². The van der Waals surface area contributed by atoms with Crippen molar-refractivity contribution in [1.82, 2.24) is 5.32 Å². The molecule has 1 aliphatic rings. The van der Waals surface area contributed by atoms with E-state index in [2.05, 4.69) is 48.6 Å². The molecule has 0 radical (unpaired) electrons. The predicted molar refractivity (Wildman–Crippen MR) is 71.5 cm³/mol. The third kappa shape index (κ3) is 1.70. The van der Waals surface area contributed by atoms with Crippen molar-refractivity contribution in [3.63, 3.8) is 0 Å². The van der Waals surface area contributed by atoms with Crippen LogP contribution >= 0.6 is 12.4 Å². The van der Waals surface area contributed by atoms with Gasteiger partial charge in [0.15, 0.2) is 0 Å². The SMILES string of the molecule is Cc1ccc(C2CNC2)c2ccccc12.Cl. The molecule has 2 aromatic carbocycles. The van der Waals surface area contributed by atoms with Gasteiger partial charge in [-0.1, -0.05) is 36.4 Å². The summed E-state index contributed by atoms with van der Waals surface area (Å²) in [5.41, 5.74) is 2.89. The van der Waals surface area contributed by atoms with Crippen molar-refractivity contribution < 1.29 is 0 Å². The summed E-state index contributed by atoms with van der Waals surface area (Å²) in [6.07, 6.45) is 0. The highest BCUT2D eigenvalue weighted by molar-refractivity contribution is 5.89. The molecule has 1 N–H and O–H groups in total. The van der Waals surface area contributed by atoms with Crippen LogP contribution in [-0.2, 0) is 0 Å². The largest absolute Gasteiger partial charge is 0.315 e. The van der Waals surface area contributed by atoms with E-state index in [9.17, 15) is 0 Å². The molecule has 0 spiro atoms. The zero-order valence-electron chi connectivity index (χ0n) is 9.36. The molecule has 84 valence electrons. The Bertz CT molecular complexity index is 503. The number of aryl methyl sites for hydroxylation is 1. The Hall–Kier alpha value is -1.05. The fourth-order valence-corrected chi connectivity index (χ4v) is 2.34. The van der Waals surface area contributed by atoms with Crippen LogP contribution in [0.1, 0.15) is 17.0 Å². The van der Waals surface area contributed by atoms with Crippen LogP contribution in [0.15, 0.2) is 36.4 Å². The molecular formula is C14H16ClN. The van der Waals surface area contributed by atoms with Crippen LogP contribution in [0, 0.1) is 6.92 Å². The normalized spacial score (nSPS) is 15.6. The van der Waals surface area contributed by atoms with Crippen molar-refractivity contribution in [2.24, 2.45) is 0 Å². The van der Waals surface area contributed by atoms with Crippen LogP contribution in [0.5, 0.6) is 0 Å². The predicted octanol–water partition coefficient (Wildman–Crippen LogP) is 3.26. The number of nitrogens with one attached hydrogen (secondary N) is 1. The van der Waals surface area contributed by atoms with Crippen LogP contribution in [-0.4, -0.2) is 13.1 Å². The summed E-state index contributed by atoms with van der Waals surface area (Å²) < 4.78 is 0. The third-order valence-corrected chi connectivity index (χ3v) is 3.40. The monoisotopic (exact) mass is 233 g/mol. The van der Waals surface area contributed by atoms with E-state index < -0.39 is 0 Å². The lowest BCUT2D eigenvalue weighted by Gasteiger charge is -2.28. The maximum absolute atomic E-state index is 3.34. The molecule has 0 amide bonds. The summed E-state index contributed by atoms with van der Waals surface area (Å²) in [7, 11) is 0. The molecule has 1 heterocycles. The average molecular weight is 234 g/mol. The van der Waals surface area contributed by atoms with Gasteiger partial charge < -0.3 is 5.32 Å². The molecule has 16 heavy (non-hydrogen) atoms. The average Bonchev–Trinajstić information content (AvgIpc) is 2.20. The molecule has 0 saturated carbocycles. The quantitative estimate of drug-likeness (QED) is 0.797. The number of benzene rings is 2. The van der Waals surface area contributed by atoms with Gasteiger partial charge in [-0.2, -0.15) is 0 Å². The standard InChI is InChI=1S/C14H15N.ClH/c1-10-6-7-13(11-8-15-9-11)14-5-3-2-4-12(10)14;/h2-7,11,15H,8-9H2,1H3;1H. The molecule has 1 saturated heterocycles. The number of hydrogen-bond acceptors (Lipinski definition) is 1. The molecule has 0 unspecified atom stereocenters. The number of fused-ring (bicyclic) bond motifs is 1. The fraction of sp³-hybridized carbons (Fsp3) is 0.286. The van der Waals surface area contributed by atoms with E-state index in [0.717, 1.165) is 19.0 Å². The molecule has 0 bridgehead atoms. The smallest absolute Gasteiger partial charge is 0.00947 e. The molecule has 1 nitrogen and oxygen atoms in total. The maximum Gasteiger partial charge on any atom is 0.00947 e. The van der Waals surface area contributed by atoms with Crippen molar-refractivity contribution in [3.05, 3.63) is 47.5 Å². The second-order valence-electron chi connectivity index (χ2n) is 4.37. The van der Waals surface area contributed by atoms with Crippen molar-refractivity contribution >= 4 is 23.2 Å². The van der Waals surface area contributed by atoms with Gasteiger partial charge in [0.1, 0.15) is 0 Å². The lowest BCUT2D eigenvalue weighted by Crippen LogP contribution is -2.39. The zero-order valence-corrected chi connectivity index (χ0v) is 10.2. The molecule has 0 aromatic heterocycles. The molecule has 2 heteroatoms. The Balaban J connectivity index is 0.000000963. The van der Waals surface area contributed by atoms with E-state index in [1.54, 1.807) is 0 Å². The van der Waals surface area contributed by atoms with Crippen LogP contribution < -0.4 is 5.32 Å². The summed E-state index contributed by atoms with van der Waals surface area (Å²) in [6, 6.07) is 13.3. The van der Waals surface area contributed by atoms with Gasteiger partial charge in [-0.05, 0) is 28.8 Å². The van der Waals surface area contributed by atoms with Crippen molar-refractivity contribution in [2.45, 2.75) is 12.8 Å². The Morgan fingerprint density at radius 3 is 2.31 bits per heavy atom. The van der Waals surface area contributed by atoms with Gasteiger partial charge in [-0.25, -0.2) is 0 Å². The third-order valence-electron chi connectivity index (χ3n) is 3.40. The molecule has 1 fully saturated rings. The molecule has 3 rings (SSSR count). The van der Waals surface area contributed by atoms with Crippen molar-refractivity contribution in [1.29, 1.82) is 0 Å². The topological polar surface area (TPSA) is 12.0 Å². The van der Waals surface area contributed by atoms with Gasteiger partial charge in [0.05, 0.1) is 0 Å². The van der Waals surface area contributed by atoms with E-state index in [1.165, 1.54) is 21.9 Å². The Kier molecular flexibility index (Phi) is 3.17. The van der Waals surface area contributed by atoms with Gasteiger partial charge in [0.2, 0.25) is 0 Å². The summed E-state index contributed by atoms with van der Waals surface area (Å²) in [6.45, 7) is 4.45. The Morgan fingerprint density at radius 2 is 1.69 bits per heavy atom. The highest BCUT2D eigenvalue weighted by Gasteiger charge is 2.20. The first-order valence-corrected chi connectivity index (χ1v) is 5.55. The Morgan fingerprint density at radius 1 is 1.00 bits per heavy atom. The first-order valence-electron chi connectivity index (χ1n) is 5.55. The number of hydrogen-bond donors (Lipinski definition) is 1. The minimum absolute atomic E-state index is 0. The second kappa shape index (κ2) is 4.44. The highest BCUT2D eigenvalue weighted by atomic mass is 35.5. The molecule has 1 aliphatic heterocycles. The second-order valence-corrected chi connectivity index (χ2v) is 4.37. The van der Waals surface area contributed by atoms with Gasteiger partial charge in [-0.15, -0.1) is 12.4 Å². The van der Waals surface area contributed by atoms with Crippen molar-refractivity contribution in [3.8, 4) is 0 Å². The van der Waals surface area contributed by atoms with E-state index >= 15 is 0 Å². The minimum Gasteiger partial charge on any atom is -0.315 e. The first kappa shape index (κ1) is 11.4. The Labute approximate surface area is 102 Å². The zero-order chi connectivity index (χ0) is 10.3. The summed E-state index contributed by atoms with van der Waals surface area (Å²) in [4.78, 5) is 0. The maximum atomic E-state index is 3.34. The molecule has 2 aromatic rings. The lowest BCUT2D eigenvalue weighted by molar-refractivity contribution is 0.451. The van der Waals surface area contributed by atoms with Crippen molar-refractivity contribution in [2.75, 3.05) is 13.1 Å². The number of halogens is 1. The molecular weight excluding hydrogens is 218 g/mol. The minimum atomic E-state index is 0. The van der Waals surface area contributed by atoms with Crippen LogP contribution in [0.3, 0.4) is 0 Å². The van der Waals surface area contributed by atoms with Gasteiger partial charge in [0, 0.05) is 19.0 Å². The first-order chi connectivity index (χ1) is 7.36. The van der Waals surface area contributed by atoms with Gasteiger partial charge in [-0.3, -0.25) is 0 Å². The van der Waals surface area contributed by atoms with Gasteiger partial charge >= 0.3 is 0 Å². The van der Waals surface area contributed by atoms with Crippen LogP contribution in [0.25, 0.3) is 10.8 Å². The molecule has 0 aliphatic carbocycles. The highest BCUT2D eigenvalue weighted by Crippen LogP contribution is 2.29. The van der Waals surface area contributed by atoms with E-state index in [-0.39, 0.29) is 12.4 Å². The van der Waals surface area contributed by atoms with Crippen LogP contribution in [0.2, 0.25) is 0 Å². The van der Waals surface area contributed by atoms with E-state index in [4.69, 9.17) is 0 Å².